The van der Waals surface area contributed by atoms with E-state index in [1.54, 1.807) is 25.3 Å². The molecular formula is C27H26FN3O4. The second-order valence-electron chi connectivity index (χ2n) is 8.16. The third-order valence-corrected chi connectivity index (χ3v) is 5.33. The first-order chi connectivity index (χ1) is 16.9. The van der Waals surface area contributed by atoms with E-state index in [4.69, 9.17) is 19.9 Å². The van der Waals surface area contributed by atoms with E-state index in [0.717, 1.165) is 16.7 Å². The Morgan fingerprint density at radius 3 is 2.51 bits per heavy atom. The van der Waals surface area contributed by atoms with Crippen LogP contribution in [0.4, 0.5) is 10.2 Å². The molecule has 2 N–H and O–H groups in total. The number of nitrogens with zero attached hydrogens (tertiary/aromatic N) is 2. The molecule has 0 bridgehead atoms. The van der Waals surface area contributed by atoms with Gasteiger partial charge in [0.15, 0.2) is 11.4 Å². The average Bonchev–Trinajstić information content (AvgIpc) is 2.85. The molecule has 4 rings (SSSR count). The van der Waals surface area contributed by atoms with Crippen LogP contribution in [-0.2, 0) is 22.5 Å². The van der Waals surface area contributed by atoms with Crippen molar-refractivity contribution in [3.63, 3.8) is 0 Å². The lowest BCUT2D eigenvalue weighted by atomic mass is 10.0. The molecule has 1 unspecified atom stereocenters. The number of benzene rings is 2. The second-order valence-corrected chi connectivity index (χ2v) is 8.16. The standard InChI is InChI=1S/C27H26FN3O4/c1-17(15-33-2)35-27(32)24-25(34-16-19-6-4-3-5-7-19)23-22(26(29)31-24)13-20(14-30-23)12-18-8-10-21(28)11-9-18/h3-11,13-14,17H,12,15-16H2,1-2H3,(H2,29,31). The first kappa shape index (κ1) is 24.1. The normalized spacial score (nSPS) is 11.9. The van der Waals surface area contributed by atoms with Gasteiger partial charge < -0.3 is 19.9 Å². The van der Waals surface area contributed by atoms with Gasteiger partial charge in [-0.1, -0.05) is 42.5 Å². The fraction of sp³-hybridized carbons (Fsp3) is 0.222. The van der Waals surface area contributed by atoms with Crippen molar-refractivity contribution in [2.45, 2.75) is 26.1 Å². The molecule has 35 heavy (non-hydrogen) atoms. The number of nitrogen functional groups attached to an aromatic ring is 1. The molecule has 0 radical (unpaired) electrons. The molecule has 180 valence electrons. The molecule has 0 aliphatic rings. The Morgan fingerprint density at radius 2 is 1.80 bits per heavy atom. The largest absolute Gasteiger partial charge is 0.484 e. The van der Waals surface area contributed by atoms with Gasteiger partial charge in [-0.2, -0.15) is 0 Å². The lowest BCUT2D eigenvalue weighted by Gasteiger charge is -2.17. The third kappa shape index (κ3) is 5.91. The molecular weight excluding hydrogens is 449 g/mol. The van der Waals surface area contributed by atoms with E-state index in [0.29, 0.717) is 17.3 Å². The number of halogens is 1. The number of rotatable bonds is 9. The van der Waals surface area contributed by atoms with E-state index < -0.39 is 12.1 Å². The van der Waals surface area contributed by atoms with Crippen LogP contribution in [0.15, 0.2) is 66.9 Å². The predicted molar refractivity (Wildman–Crippen MR) is 131 cm³/mol. The Bertz CT molecular complexity index is 1310. The maximum atomic E-state index is 13.3. The molecule has 7 nitrogen and oxygen atoms in total. The Morgan fingerprint density at radius 1 is 1.06 bits per heavy atom. The zero-order chi connectivity index (χ0) is 24.8. The molecule has 4 aromatic rings. The van der Waals surface area contributed by atoms with Crippen LogP contribution in [0.5, 0.6) is 5.75 Å². The van der Waals surface area contributed by atoms with Crippen molar-refractivity contribution in [1.29, 1.82) is 0 Å². The number of nitrogens with two attached hydrogens (primary N) is 1. The van der Waals surface area contributed by atoms with Crippen LogP contribution in [0.25, 0.3) is 10.9 Å². The van der Waals surface area contributed by atoms with Gasteiger partial charge in [-0.05, 0) is 48.2 Å². The number of hydrogen-bond acceptors (Lipinski definition) is 7. The minimum absolute atomic E-state index is 0.0485. The molecule has 0 saturated heterocycles. The summed E-state index contributed by atoms with van der Waals surface area (Å²) in [5, 5.41) is 0.550. The lowest BCUT2D eigenvalue weighted by Crippen LogP contribution is -2.21. The first-order valence-electron chi connectivity index (χ1n) is 11.1. The number of methoxy groups -OCH3 is 1. The predicted octanol–water partition coefficient (Wildman–Crippen LogP) is 4.71. The topological polar surface area (TPSA) is 96.6 Å². The summed E-state index contributed by atoms with van der Waals surface area (Å²) >= 11 is 0. The van der Waals surface area contributed by atoms with E-state index in [1.807, 2.05) is 36.4 Å². The Balaban J connectivity index is 1.72. The Kier molecular flexibility index (Phi) is 7.52. The molecule has 0 fully saturated rings. The monoisotopic (exact) mass is 475 g/mol. The summed E-state index contributed by atoms with van der Waals surface area (Å²) in [6.45, 7) is 2.16. The summed E-state index contributed by atoms with van der Waals surface area (Å²) in [4.78, 5) is 21.9. The summed E-state index contributed by atoms with van der Waals surface area (Å²) in [5.41, 5.74) is 9.31. The molecule has 8 heteroatoms. The number of esters is 1. The number of aromatic nitrogens is 2. The minimum atomic E-state index is -0.677. The van der Waals surface area contributed by atoms with E-state index in [9.17, 15) is 9.18 Å². The molecule has 2 aromatic heterocycles. The maximum absolute atomic E-state index is 13.3. The van der Waals surface area contributed by atoms with Crippen molar-refractivity contribution >= 4 is 22.7 Å². The van der Waals surface area contributed by atoms with Crippen molar-refractivity contribution in [2.75, 3.05) is 19.5 Å². The zero-order valence-electron chi connectivity index (χ0n) is 19.5. The maximum Gasteiger partial charge on any atom is 0.361 e. The van der Waals surface area contributed by atoms with Gasteiger partial charge in [0.25, 0.3) is 0 Å². The molecule has 0 saturated carbocycles. The molecule has 0 aliphatic heterocycles. The fourth-order valence-corrected chi connectivity index (χ4v) is 3.67. The van der Waals surface area contributed by atoms with Crippen LogP contribution < -0.4 is 10.5 Å². The number of anilines is 1. The van der Waals surface area contributed by atoms with Crippen LogP contribution in [0.3, 0.4) is 0 Å². The molecule has 2 heterocycles. The van der Waals surface area contributed by atoms with E-state index in [2.05, 4.69) is 9.97 Å². The Labute approximate surface area is 202 Å². The fourth-order valence-electron chi connectivity index (χ4n) is 3.67. The molecule has 1 atom stereocenters. The smallest absolute Gasteiger partial charge is 0.361 e. The van der Waals surface area contributed by atoms with Gasteiger partial charge in [0.05, 0.1) is 6.61 Å². The van der Waals surface area contributed by atoms with Crippen molar-refractivity contribution in [2.24, 2.45) is 0 Å². The zero-order valence-corrected chi connectivity index (χ0v) is 19.5. The number of fused-ring (bicyclic) bond motifs is 1. The van der Waals surface area contributed by atoms with Gasteiger partial charge in [0.2, 0.25) is 0 Å². The van der Waals surface area contributed by atoms with Crippen LogP contribution in [0.2, 0.25) is 0 Å². The van der Waals surface area contributed by atoms with E-state index >= 15 is 0 Å². The van der Waals surface area contributed by atoms with Crippen LogP contribution in [0, 0.1) is 5.82 Å². The quantitative estimate of drug-likeness (QED) is 0.350. The number of hydrogen-bond donors (Lipinski definition) is 1. The highest BCUT2D eigenvalue weighted by Crippen LogP contribution is 2.33. The highest BCUT2D eigenvalue weighted by atomic mass is 19.1. The SMILES string of the molecule is COCC(C)OC(=O)c1nc(N)c2cc(Cc3ccc(F)cc3)cnc2c1OCc1ccccc1. The van der Waals surface area contributed by atoms with Gasteiger partial charge in [-0.15, -0.1) is 0 Å². The van der Waals surface area contributed by atoms with Crippen molar-refractivity contribution in [3.8, 4) is 5.75 Å². The van der Waals surface area contributed by atoms with Crippen molar-refractivity contribution in [3.05, 3.63) is 95.1 Å². The number of pyridine rings is 2. The van der Waals surface area contributed by atoms with E-state index in [-0.39, 0.29) is 36.3 Å². The van der Waals surface area contributed by atoms with Crippen LogP contribution >= 0.6 is 0 Å². The summed E-state index contributed by atoms with van der Waals surface area (Å²) in [5.74, 6) is -0.644. The third-order valence-electron chi connectivity index (χ3n) is 5.33. The highest BCUT2D eigenvalue weighted by Gasteiger charge is 2.24. The Hall–Kier alpha value is -4.04. The summed E-state index contributed by atoms with van der Waals surface area (Å²) in [6.07, 6.45) is 1.73. The average molecular weight is 476 g/mol. The number of carbonyl (C=O) groups is 1. The number of carbonyl (C=O) groups excluding carboxylic acids is 1. The molecule has 0 aliphatic carbocycles. The van der Waals surface area contributed by atoms with Gasteiger partial charge in [-0.3, -0.25) is 4.98 Å². The van der Waals surface area contributed by atoms with Gasteiger partial charge >= 0.3 is 5.97 Å². The van der Waals surface area contributed by atoms with Gasteiger partial charge in [0, 0.05) is 18.7 Å². The van der Waals surface area contributed by atoms with Crippen LogP contribution in [-0.4, -0.2) is 35.8 Å². The van der Waals surface area contributed by atoms with Gasteiger partial charge in [0.1, 0.15) is 29.9 Å². The number of ether oxygens (including phenoxy) is 3. The van der Waals surface area contributed by atoms with E-state index in [1.165, 1.54) is 19.2 Å². The summed E-state index contributed by atoms with van der Waals surface area (Å²) < 4.78 is 29.8. The van der Waals surface area contributed by atoms with Gasteiger partial charge in [-0.25, -0.2) is 14.2 Å². The van der Waals surface area contributed by atoms with Crippen molar-refractivity contribution in [1.82, 2.24) is 9.97 Å². The summed E-state index contributed by atoms with van der Waals surface area (Å²) in [7, 11) is 1.53. The lowest BCUT2D eigenvalue weighted by molar-refractivity contribution is 0.0111. The first-order valence-corrected chi connectivity index (χ1v) is 11.1. The molecule has 0 spiro atoms. The second kappa shape index (κ2) is 10.9. The minimum Gasteiger partial charge on any atom is -0.484 e. The van der Waals surface area contributed by atoms with Crippen LogP contribution in [0.1, 0.15) is 34.1 Å². The van der Waals surface area contributed by atoms with Crippen molar-refractivity contribution < 1.29 is 23.4 Å². The molecule has 0 amide bonds. The molecule has 2 aromatic carbocycles. The summed E-state index contributed by atoms with van der Waals surface area (Å²) in [6, 6.07) is 17.7. The highest BCUT2D eigenvalue weighted by molar-refractivity contribution is 6.01.